The van der Waals surface area contributed by atoms with E-state index in [-0.39, 0.29) is 28.1 Å². The molecule has 0 aromatic carbocycles. The molecule has 324 valence electrons. The summed E-state index contributed by atoms with van der Waals surface area (Å²) in [6, 6.07) is 0. The number of rotatable bonds is 11. The highest BCUT2D eigenvalue weighted by molar-refractivity contribution is 5.32. The van der Waals surface area contributed by atoms with Crippen molar-refractivity contribution in [2.24, 2.45) is 45.3 Å². The third-order valence-corrected chi connectivity index (χ3v) is 16.6. The molecule has 0 bridgehead atoms. The Kier molecular flexibility index (Phi) is 12.7. The van der Waals surface area contributed by atoms with E-state index >= 15 is 0 Å². The van der Waals surface area contributed by atoms with Crippen LogP contribution in [0.1, 0.15) is 107 Å². The Labute approximate surface area is 331 Å². The van der Waals surface area contributed by atoms with Gasteiger partial charge in [-0.15, -0.1) is 0 Å². The highest BCUT2D eigenvalue weighted by atomic mass is 16.7. The molecular weight excluding hydrogens is 728 g/mol. The molecule has 56 heavy (non-hydrogen) atoms. The lowest BCUT2D eigenvalue weighted by atomic mass is 9.38. The number of fused-ring (bicyclic) bond motifs is 5. The highest BCUT2D eigenvalue weighted by Gasteiger charge is 2.70. The molecule has 2 aliphatic heterocycles. The summed E-state index contributed by atoms with van der Waals surface area (Å²) in [5, 5.41) is 106. The van der Waals surface area contributed by atoms with Crippen molar-refractivity contribution in [3.8, 4) is 0 Å². The van der Waals surface area contributed by atoms with Crippen LogP contribution < -0.4 is 0 Å². The van der Waals surface area contributed by atoms with Gasteiger partial charge in [-0.25, -0.2) is 0 Å². The molecule has 10 N–H and O–H groups in total. The second-order valence-corrected chi connectivity index (χ2v) is 20.3. The number of allylic oxidation sites excluding steroid dienone is 1. The Morgan fingerprint density at radius 2 is 1.41 bits per heavy atom. The first-order valence-electron chi connectivity index (χ1n) is 21.0. The predicted octanol–water partition coefficient (Wildman–Crippen LogP) is 1.12. The van der Waals surface area contributed by atoms with E-state index in [4.69, 9.17) is 18.9 Å². The van der Waals surface area contributed by atoms with Crippen LogP contribution in [0.15, 0.2) is 11.6 Å². The van der Waals surface area contributed by atoms with Crippen LogP contribution in [0.3, 0.4) is 0 Å². The maximum absolute atomic E-state index is 12.4. The first-order chi connectivity index (χ1) is 25.9. The van der Waals surface area contributed by atoms with E-state index < -0.39 is 104 Å². The number of ether oxygens (including phenoxy) is 4. The van der Waals surface area contributed by atoms with Crippen LogP contribution in [-0.2, 0) is 18.9 Å². The van der Waals surface area contributed by atoms with Gasteiger partial charge in [0.05, 0.1) is 37.1 Å². The summed E-state index contributed by atoms with van der Waals surface area (Å²) >= 11 is 0. The summed E-state index contributed by atoms with van der Waals surface area (Å²) < 4.78 is 23.6. The molecule has 14 nitrogen and oxygen atoms in total. The lowest BCUT2D eigenvalue weighted by Gasteiger charge is -2.67. The molecule has 0 spiro atoms. The van der Waals surface area contributed by atoms with Gasteiger partial charge in [-0.1, -0.05) is 53.2 Å². The molecule has 5 fully saturated rings. The third kappa shape index (κ3) is 7.26. The topological polar surface area (TPSA) is 239 Å². The number of hydrogen-bond donors (Lipinski definition) is 10. The van der Waals surface area contributed by atoms with Crippen LogP contribution >= 0.6 is 0 Å². The van der Waals surface area contributed by atoms with Gasteiger partial charge in [-0.05, 0) is 99.7 Å². The number of hydrogen-bond acceptors (Lipinski definition) is 14. The van der Waals surface area contributed by atoms with Gasteiger partial charge in [-0.2, -0.15) is 0 Å². The lowest BCUT2D eigenvalue weighted by molar-refractivity contribution is -0.340. The second-order valence-electron chi connectivity index (χ2n) is 20.3. The molecule has 2 heterocycles. The van der Waals surface area contributed by atoms with Crippen LogP contribution in [0.4, 0.5) is 0 Å². The SMILES string of the molecule is C[C@H](CC[C@@H](O)C(C)(C)O)C1CC[C@@]2(C)C3CC=C4C(CC[C@H](O[C@@H]5O[C@H](CO[C@@H]6O[C@H](CO)[C@@H](O)[C@H](O)[C@H]6O)[C@@H](O)[C@H](O)[C@H]5O)C4(C)C)[C@]3(C)[C@H](O)CC12C. The minimum absolute atomic E-state index is 0.0159. The van der Waals surface area contributed by atoms with Crippen molar-refractivity contribution in [2.75, 3.05) is 13.2 Å². The third-order valence-electron chi connectivity index (χ3n) is 16.6. The van der Waals surface area contributed by atoms with Gasteiger partial charge in [0, 0.05) is 10.8 Å². The number of aliphatic hydroxyl groups excluding tert-OH is 9. The van der Waals surface area contributed by atoms with Crippen molar-refractivity contribution in [3.05, 3.63) is 11.6 Å². The monoisotopic (exact) mass is 800 g/mol. The summed E-state index contributed by atoms with van der Waals surface area (Å²) in [5.74, 6) is 1.05. The maximum atomic E-state index is 12.4. The quantitative estimate of drug-likeness (QED) is 0.132. The van der Waals surface area contributed by atoms with Gasteiger partial charge in [0.1, 0.15) is 48.8 Å². The maximum Gasteiger partial charge on any atom is 0.187 e. The van der Waals surface area contributed by atoms with Crippen LogP contribution in [0.5, 0.6) is 0 Å². The fraction of sp³-hybridized carbons (Fsp3) is 0.952. The van der Waals surface area contributed by atoms with E-state index in [1.807, 2.05) is 0 Å². The van der Waals surface area contributed by atoms with Gasteiger partial charge in [0.25, 0.3) is 0 Å². The fourth-order valence-electron chi connectivity index (χ4n) is 12.6. The van der Waals surface area contributed by atoms with Gasteiger partial charge >= 0.3 is 0 Å². The van der Waals surface area contributed by atoms with Crippen molar-refractivity contribution in [1.29, 1.82) is 0 Å². The van der Waals surface area contributed by atoms with E-state index in [1.165, 1.54) is 5.57 Å². The summed E-state index contributed by atoms with van der Waals surface area (Å²) in [6.45, 7) is 15.8. The molecule has 0 radical (unpaired) electrons. The zero-order chi connectivity index (χ0) is 41.5. The Balaban J connectivity index is 1.16. The Morgan fingerprint density at radius 1 is 0.804 bits per heavy atom. The molecule has 2 saturated heterocycles. The summed E-state index contributed by atoms with van der Waals surface area (Å²) in [7, 11) is 0. The van der Waals surface area contributed by atoms with E-state index in [0.717, 1.165) is 32.1 Å². The first kappa shape index (κ1) is 44.7. The van der Waals surface area contributed by atoms with Crippen LogP contribution in [0.2, 0.25) is 0 Å². The van der Waals surface area contributed by atoms with Gasteiger partial charge < -0.3 is 70.0 Å². The van der Waals surface area contributed by atoms with Gasteiger partial charge in [-0.3, -0.25) is 0 Å². The zero-order valence-corrected chi connectivity index (χ0v) is 34.6. The zero-order valence-electron chi connectivity index (χ0n) is 34.6. The van der Waals surface area contributed by atoms with E-state index in [2.05, 4.69) is 47.6 Å². The van der Waals surface area contributed by atoms with Crippen molar-refractivity contribution in [1.82, 2.24) is 0 Å². The molecule has 3 saturated carbocycles. The fourth-order valence-corrected chi connectivity index (χ4v) is 12.6. The van der Waals surface area contributed by atoms with Crippen molar-refractivity contribution in [2.45, 2.75) is 192 Å². The number of aliphatic hydroxyl groups is 10. The highest BCUT2D eigenvalue weighted by Crippen LogP contribution is 2.75. The van der Waals surface area contributed by atoms with E-state index in [9.17, 15) is 51.1 Å². The molecule has 0 aromatic rings. The Morgan fingerprint density at radius 3 is 2.04 bits per heavy atom. The summed E-state index contributed by atoms with van der Waals surface area (Å²) in [6.07, 6.45) is -8.06. The lowest BCUT2D eigenvalue weighted by Crippen LogP contribution is -2.65. The van der Waals surface area contributed by atoms with Gasteiger partial charge in [0.2, 0.25) is 0 Å². The van der Waals surface area contributed by atoms with Crippen molar-refractivity contribution >= 4 is 0 Å². The molecule has 20 atom stereocenters. The average molecular weight is 801 g/mol. The molecule has 6 rings (SSSR count). The average Bonchev–Trinajstić information content (AvgIpc) is 3.40. The smallest absolute Gasteiger partial charge is 0.187 e. The molecule has 6 aliphatic rings. The first-order valence-corrected chi connectivity index (χ1v) is 21.0. The molecular formula is C42H72O14. The Bertz CT molecular complexity index is 1400. The minimum atomic E-state index is -1.67. The van der Waals surface area contributed by atoms with Gasteiger partial charge in [0.15, 0.2) is 12.6 Å². The minimum Gasteiger partial charge on any atom is -0.394 e. The second kappa shape index (κ2) is 15.9. The van der Waals surface area contributed by atoms with Crippen LogP contribution in [0.25, 0.3) is 0 Å². The van der Waals surface area contributed by atoms with E-state index in [1.54, 1.807) is 13.8 Å². The Hall–Kier alpha value is -0.820. The van der Waals surface area contributed by atoms with Crippen LogP contribution in [0, 0.1) is 45.3 Å². The molecule has 14 heteroatoms. The van der Waals surface area contributed by atoms with E-state index in [0.29, 0.717) is 31.1 Å². The largest absolute Gasteiger partial charge is 0.394 e. The summed E-state index contributed by atoms with van der Waals surface area (Å²) in [5.41, 5.74) is -0.985. The normalized spacial score (nSPS) is 50.3. The predicted molar refractivity (Wildman–Crippen MR) is 202 cm³/mol. The van der Waals surface area contributed by atoms with Crippen molar-refractivity contribution < 1.29 is 70.0 Å². The van der Waals surface area contributed by atoms with Crippen LogP contribution in [-0.4, -0.2) is 150 Å². The molecule has 0 amide bonds. The van der Waals surface area contributed by atoms with Crippen molar-refractivity contribution in [3.63, 3.8) is 0 Å². The summed E-state index contributed by atoms with van der Waals surface area (Å²) in [4.78, 5) is 0. The molecule has 4 aliphatic carbocycles. The standard InChI is InChI=1S/C42H72O14/c1-20(9-13-27(44)39(4,5)52)21-15-16-40(6)26-12-10-22-23(42(26,8)28(45)17-41(21,40)7)11-14-29(38(22,2)3)56-37-35(51)33(49)31(47)25(55-37)19-53-36-34(50)32(48)30(46)24(18-43)54-36/h10,20-21,23-37,43-52H,9,11-19H2,1-8H3/t20-,21?,23?,24-,25-,26?,27-,28-,29+,30-,31-,32+,33+,34-,35-,36-,37+,40+,41?,42+/m1/s1. The molecule has 4 unspecified atom stereocenters. The molecule has 0 aromatic heterocycles.